The van der Waals surface area contributed by atoms with E-state index < -0.39 is 0 Å². The molecule has 18 heavy (non-hydrogen) atoms. The molecular formula is C13H11N5. The van der Waals surface area contributed by atoms with Crippen molar-refractivity contribution in [1.29, 1.82) is 5.41 Å². The number of pyridine rings is 2. The third kappa shape index (κ3) is 2.70. The summed E-state index contributed by atoms with van der Waals surface area (Å²) < 4.78 is 0. The van der Waals surface area contributed by atoms with Crippen LogP contribution in [0.25, 0.3) is 0 Å². The van der Waals surface area contributed by atoms with Crippen molar-refractivity contribution in [1.82, 2.24) is 9.97 Å². The van der Waals surface area contributed by atoms with Crippen LogP contribution >= 0.6 is 0 Å². The van der Waals surface area contributed by atoms with Gasteiger partial charge in [0.1, 0.15) is 11.4 Å². The van der Waals surface area contributed by atoms with Gasteiger partial charge in [0.2, 0.25) is 0 Å². The van der Waals surface area contributed by atoms with Gasteiger partial charge in [-0.25, -0.2) is 9.98 Å². The monoisotopic (exact) mass is 237 g/mol. The molecule has 0 aliphatic rings. The molecule has 0 saturated heterocycles. The Morgan fingerprint density at radius 3 is 2.11 bits per heavy atom. The third-order valence-electron chi connectivity index (χ3n) is 2.17. The lowest BCUT2D eigenvalue weighted by atomic mass is 10.3. The van der Waals surface area contributed by atoms with Crippen LogP contribution in [0.5, 0.6) is 0 Å². The van der Waals surface area contributed by atoms with Gasteiger partial charge in [0.15, 0.2) is 11.7 Å². The second-order valence-corrected chi connectivity index (χ2v) is 3.37. The summed E-state index contributed by atoms with van der Waals surface area (Å²) in [6.07, 6.45) is 3.25. The largest absolute Gasteiger partial charge is 0.281 e. The molecule has 2 aromatic heterocycles. The van der Waals surface area contributed by atoms with Crippen molar-refractivity contribution in [3.8, 4) is 0 Å². The molecule has 0 radical (unpaired) electrons. The molecule has 88 valence electrons. The quantitative estimate of drug-likeness (QED) is 0.640. The first-order valence-electron chi connectivity index (χ1n) is 5.28. The van der Waals surface area contributed by atoms with E-state index in [0.717, 1.165) is 0 Å². The average molecular weight is 237 g/mol. The first-order valence-corrected chi connectivity index (χ1v) is 5.28. The number of nitrogens with zero attached hydrogens (tertiary/aromatic N) is 4. The van der Waals surface area contributed by atoms with Crippen LogP contribution in [0.4, 0.5) is 0 Å². The minimum atomic E-state index is 0.0312. The Balaban J connectivity index is 2.32. The highest BCUT2D eigenvalue weighted by Gasteiger charge is 2.05. The fraction of sp³-hybridized carbons (Fsp3) is 0. The van der Waals surface area contributed by atoms with Crippen LogP contribution < -0.4 is 0 Å². The molecular weight excluding hydrogens is 226 g/mol. The zero-order valence-electron chi connectivity index (χ0n) is 9.61. The zero-order valence-corrected chi connectivity index (χ0v) is 9.61. The Kier molecular flexibility index (Phi) is 3.66. The summed E-state index contributed by atoms with van der Waals surface area (Å²) in [5.74, 6) is 0.343. The molecule has 0 unspecified atom stereocenters. The smallest absolute Gasteiger partial charge is 0.179 e. The fourth-order valence-electron chi connectivity index (χ4n) is 1.33. The first kappa shape index (κ1) is 11.8. The minimum absolute atomic E-state index is 0.0312. The Hall–Kier alpha value is -2.69. The molecule has 1 N–H and O–H groups in total. The van der Waals surface area contributed by atoms with E-state index in [1.165, 1.54) is 0 Å². The summed E-state index contributed by atoms with van der Waals surface area (Å²) in [5.41, 5.74) is 1.06. The maximum atomic E-state index is 7.85. The van der Waals surface area contributed by atoms with Crippen molar-refractivity contribution >= 4 is 18.4 Å². The molecule has 0 bridgehead atoms. The van der Waals surface area contributed by atoms with E-state index in [0.29, 0.717) is 17.2 Å². The number of aromatic nitrogens is 2. The van der Waals surface area contributed by atoms with Crippen molar-refractivity contribution in [2.75, 3.05) is 0 Å². The van der Waals surface area contributed by atoms with E-state index in [1.54, 1.807) is 42.7 Å². The fourth-order valence-corrected chi connectivity index (χ4v) is 1.33. The Bertz CT molecular complexity index is 575. The van der Waals surface area contributed by atoms with Gasteiger partial charge in [-0.1, -0.05) is 12.1 Å². The number of aliphatic imine (C=N–C) groups is 2. The van der Waals surface area contributed by atoms with E-state index in [2.05, 4.69) is 26.7 Å². The molecule has 2 rings (SSSR count). The molecule has 0 amide bonds. The van der Waals surface area contributed by atoms with Gasteiger partial charge in [0, 0.05) is 12.4 Å². The van der Waals surface area contributed by atoms with Gasteiger partial charge in [0.25, 0.3) is 0 Å². The predicted molar refractivity (Wildman–Crippen MR) is 71.4 cm³/mol. The van der Waals surface area contributed by atoms with Crippen LogP contribution in [-0.2, 0) is 0 Å². The number of hydrogen-bond donors (Lipinski definition) is 1. The number of hydrogen-bond acceptors (Lipinski definition) is 3. The normalized spacial score (nSPS) is 11.0. The molecule has 0 spiro atoms. The summed E-state index contributed by atoms with van der Waals surface area (Å²) >= 11 is 0. The van der Waals surface area contributed by atoms with Gasteiger partial charge in [0.05, 0.1) is 0 Å². The molecule has 0 atom stereocenters. The number of nitrogens with one attached hydrogen (secondary N) is 1. The Morgan fingerprint density at radius 1 is 1.00 bits per heavy atom. The van der Waals surface area contributed by atoms with E-state index >= 15 is 0 Å². The highest BCUT2D eigenvalue weighted by molar-refractivity contribution is 6.10. The molecule has 2 heterocycles. The lowest BCUT2D eigenvalue weighted by molar-refractivity contribution is 1.24. The van der Waals surface area contributed by atoms with Crippen LogP contribution in [0.1, 0.15) is 11.4 Å². The third-order valence-corrected chi connectivity index (χ3v) is 2.17. The van der Waals surface area contributed by atoms with E-state index in [9.17, 15) is 0 Å². The zero-order chi connectivity index (χ0) is 12.8. The van der Waals surface area contributed by atoms with Crippen molar-refractivity contribution in [2.45, 2.75) is 0 Å². The van der Waals surface area contributed by atoms with E-state index in [-0.39, 0.29) is 5.84 Å². The first-order chi connectivity index (χ1) is 8.81. The number of amidine groups is 2. The molecule has 5 nitrogen and oxygen atoms in total. The van der Waals surface area contributed by atoms with Gasteiger partial charge < -0.3 is 0 Å². The SMILES string of the molecule is C=NC(=NC(=N)c1ccccn1)c1ccccn1. The second kappa shape index (κ2) is 5.58. The molecule has 0 aromatic carbocycles. The van der Waals surface area contributed by atoms with E-state index in [1.807, 2.05) is 6.07 Å². The predicted octanol–water partition coefficient (Wildman–Crippen LogP) is 1.95. The molecule has 5 heteroatoms. The summed E-state index contributed by atoms with van der Waals surface area (Å²) in [5, 5.41) is 7.85. The van der Waals surface area contributed by atoms with Crippen molar-refractivity contribution in [2.24, 2.45) is 9.98 Å². The van der Waals surface area contributed by atoms with Crippen molar-refractivity contribution in [3.63, 3.8) is 0 Å². The van der Waals surface area contributed by atoms with Gasteiger partial charge in [-0.15, -0.1) is 0 Å². The maximum absolute atomic E-state index is 7.85. The van der Waals surface area contributed by atoms with E-state index in [4.69, 9.17) is 5.41 Å². The highest BCUT2D eigenvalue weighted by atomic mass is 15.0. The maximum Gasteiger partial charge on any atom is 0.179 e. The standard InChI is InChI=1S/C13H11N5/c1-15-13(11-7-3-5-9-17-11)18-12(14)10-6-2-4-8-16-10/h2-9,14H,1H2. The van der Waals surface area contributed by atoms with Gasteiger partial charge >= 0.3 is 0 Å². The van der Waals surface area contributed by atoms with Crippen LogP contribution in [0, 0.1) is 5.41 Å². The lowest BCUT2D eigenvalue weighted by Gasteiger charge is -2.00. The van der Waals surface area contributed by atoms with Gasteiger partial charge in [-0.3, -0.25) is 15.4 Å². The molecule has 0 fully saturated rings. The second-order valence-electron chi connectivity index (χ2n) is 3.37. The van der Waals surface area contributed by atoms with Crippen molar-refractivity contribution in [3.05, 3.63) is 60.2 Å². The summed E-state index contributed by atoms with van der Waals surface area (Å²) in [6, 6.07) is 10.7. The topological polar surface area (TPSA) is 74.3 Å². The Morgan fingerprint density at radius 2 is 1.61 bits per heavy atom. The summed E-state index contributed by atoms with van der Waals surface area (Å²) in [4.78, 5) is 16.0. The van der Waals surface area contributed by atoms with Crippen molar-refractivity contribution < 1.29 is 0 Å². The average Bonchev–Trinajstić information content (AvgIpc) is 2.46. The minimum Gasteiger partial charge on any atom is -0.281 e. The summed E-state index contributed by atoms with van der Waals surface area (Å²) in [6.45, 7) is 3.45. The van der Waals surface area contributed by atoms with Crippen LogP contribution in [0.3, 0.4) is 0 Å². The summed E-state index contributed by atoms with van der Waals surface area (Å²) in [7, 11) is 0. The van der Waals surface area contributed by atoms with Crippen LogP contribution in [-0.4, -0.2) is 28.4 Å². The van der Waals surface area contributed by atoms with Gasteiger partial charge in [-0.2, -0.15) is 0 Å². The van der Waals surface area contributed by atoms with Gasteiger partial charge in [-0.05, 0) is 31.0 Å². The Labute approximate surface area is 104 Å². The molecule has 0 saturated carbocycles. The molecule has 0 aliphatic carbocycles. The molecule has 0 aliphatic heterocycles. The highest BCUT2D eigenvalue weighted by Crippen LogP contribution is 2.02. The molecule has 2 aromatic rings. The van der Waals surface area contributed by atoms with Crippen LogP contribution in [0.15, 0.2) is 58.8 Å². The lowest BCUT2D eigenvalue weighted by Crippen LogP contribution is -2.06. The van der Waals surface area contributed by atoms with Crippen LogP contribution in [0.2, 0.25) is 0 Å². The number of rotatable bonds is 2.